The van der Waals surface area contributed by atoms with Gasteiger partial charge in [0.1, 0.15) is 6.54 Å². The van der Waals surface area contributed by atoms with Crippen LogP contribution in [-0.2, 0) is 30.4 Å². The molecule has 1 N–H and O–H groups in total. The topological polar surface area (TPSA) is 164 Å². The van der Waals surface area contributed by atoms with Crippen molar-refractivity contribution in [3.05, 3.63) is 52.4 Å². The van der Waals surface area contributed by atoms with E-state index in [2.05, 4.69) is 10.0 Å². The average Bonchev–Trinajstić information content (AvgIpc) is 3.05. The number of benzene rings is 1. The normalized spacial score (nSPS) is 12.5. The highest BCUT2D eigenvalue weighted by molar-refractivity contribution is 6.28. The highest BCUT2D eigenvalue weighted by Crippen LogP contribution is 2.20. The van der Waals surface area contributed by atoms with Crippen LogP contribution in [0.3, 0.4) is 0 Å². The van der Waals surface area contributed by atoms with Crippen LogP contribution in [0.5, 0.6) is 0 Å². The second-order valence-electron chi connectivity index (χ2n) is 6.60. The smallest absolute Gasteiger partial charge is 0.323 e. The number of hydrogen-bond acceptors (Lipinski definition) is 6. The molecule has 0 atom stereocenters. The van der Waals surface area contributed by atoms with Crippen LogP contribution in [0.1, 0.15) is 5.56 Å². The van der Waals surface area contributed by atoms with E-state index < -0.39 is 36.1 Å². The molecule has 4 amide bonds. The Labute approximate surface area is 176 Å². The number of carbonyl (C=O) groups is 5. The Balaban J connectivity index is 2.07. The van der Waals surface area contributed by atoms with Crippen LogP contribution in [0.15, 0.2) is 41.5 Å². The van der Waals surface area contributed by atoms with Crippen LogP contribution in [0.25, 0.3) is 10.4 Å². The molecule has 12 nitrogen and oxygen atoms in total. The molecule has 1 aliphatic rings. The molecule has 0 bridgehead atoms. The molecule has 1 heterocycles. The summed E-state index contributed by atoms with van der Waals surface area (Å²) >= 11 is 0. The molecule has 162 valence electrons. The van der Waals surface area contributed by atoms with Gasteiger partial charge < -0.3 is 14.9 Å². The highest BCUT2D eigenvalue weighted by Gasteiger charge is 2.25. The molecule has 0 saturated carbocycles. The number of carbonyl (C=O) groups excluding carboxylic acids is 4. The average molecular weight is 428 g/mol. The van der Waals surface area contributed by atoms with Gasteiger partial charge in [-0.2, -0.15) is 0 Å². The maximum absolute atomic E-state index is 12.7. The summed E-state index contributed by atoms with van der Waals surface area (Å²) in [5, 5.41) is 12.2. The van der Waals surface area contributed by atoms with Gasteiger partial charge in [-0.1, -0.05) is 17.2 Å². The maximum Gasteiger partial charge on any atom is 0.323 e. The standard InChI is InChI=1S/C19H20N6O6/c1-23(12-19(30)31)18(29)11-24(9-8-21-22-20)17(28)10-13-2-4-14(5-3-13)25-15(26)6-7-16(25)27/h2-7H,8-12H2,1H3,(H,30,31). The molecule has 0 unspecified atom stereocenters. The number of azide groups is 1. The number of rotatable bonds is 10. The molecular formula is C19H20N6O6. The fourth-order valence-electron chi connectivity index (χ4n) is 2.78. The molecule has 0 aromatic heterocycles. The number of carboxylic acids is 1. The second kappa shape index (κ2) is 10.6. The van der Waals surface area contributed by atoms with Gasteiger partial charge in [0, 0.05) is 37.2 Å². The van der Waals surface area contributed by atoms with Gasteiger partial charge in [-0.15, -0.1) is 0 Å². The van der Waals surface area contributed by atoms with Crippen LogP contribution in [0.4, 0.5) is 5.69 Å². The lowest BCUT2D eigenvalue weighted by Crippen LogP contribution is -2.44. The van der Waals surface area contributed by atoms with E-state index >= 15 is 0 Å². The van der Waals surface area contributed by atoms with Crippen molar-refractivity contribution in [3.63, 3.8) is 0 Å². The molecule has 0 saturated heterocycles. The Bertz CT molecular complexity index is 949. The van der Waals surface area contributed by atoms with Crippen molar-refractivity contribution in [1.29, 1.82) is 0 Å². The van der Waals surface area contributed by atoms with E-state index in [1.807, 2.05) is 0 Å². The number of anilines is 1. The summed E-state index contributed by atoms with van der Waals surface area (Å²) in [4.78, 5) is 64.9. The summed E-state index contributed by atoms with van der Waals surface area (Å²) in [6, 6.07) is 6.22. The number of hydrogen-bond donors (Lipinski definition) is 1. The van der Waals surface area contributed by atoms with Crippen LogP contribution in [-0.4, -0.2) is 77.7 Å². The predicted octanol–water partition coefficient (Wildman–Crippen LogP) is 0.340. The molecule has 0 fully saturated rings. The number of imide groups is 1. The monoisotopic (exact) mass is 428 g/mol. The van der Waals surface area contributed by atoms with Crippen LogP contribution in [0.2, 0.25) is 0 Å². The summed E-state index contributed by atoms with van der Waals surface area (Å²) in [6.07, 6.45) is 2.24. The van der Waals surface area contributed by atoms with E-state index in [0.717, 1.165) is 9.80 Å². The Hall–Kier alpha value is -4.18. The minimum atomic E-state index is -1.19. The zero-order valence-electron chi connectivity index (χ0n) is 16.7. The zero-order valence-corrected chi connectivity index (χ0v) is 16.7. The first kappa shape index (κ1) is 23.1. The van der Waals surface area contributed by atoms with Gasteiger partial charge in [-0.05, 0) is 23.2 Å². The summed E-state index contributed by atoms with van der Waals surface area (Å²) in [7, 11) is 1.31. The van der Waals surface area contributed by atoms with Crippen LogP contribution < -0.4 is 4.90 Å². The molecule has 0 spiro atoms. The quantitative estimate of drug-likeness (QED) is 0.244. The first-order valence-electron chi connectivity index (χ1n) is 9.12. The molecular weight excluding hydrogens is 408 g/mol. The van der Waals surface area contributed by atoms with Crippen molar-refractivity contribution in [2.75, 3.05) is 38.1 Å². The van der Waals surface area contributed by atoms with Gasteiger partial charge in [0.15, 0.2) is 0 Å². The van der Waals surface area contributed by atoms with Gasteiger partial charge in [0.2, 0.25) is 11.8 Å². The number of aliphatic carboxylic acids is 1. The summed E-state index contributed by atoms with van der Waals surface area (Å²) in [5.41, 5.74) is 9.37. The minimum absolute atomic E-state index is 0.0178. The van der Waals surface area contributed by atoms with Crippen molar-refractivity contribution < 1.29 is 29.1 Å². The Kier molecular flexibility index (Phi) is 7.87. The lowest BCUT2D eigenvalue weighted by molar-refractivity contribution is -0.145. The Morgan fingerprint density at radius 1 is 1.06 bits per heavy atom. The summed E-state index contributed by atoms with van der Waals surface area (Å²) in [6.45, 7) is -0.953. The lowest BCUT2D eigenvalue weighted by atomic mass is 10.1. The van der Waals surface area contributed by atoms with Gasteiger partial charge >= 0.3 is 5.97 Å². The molecule has 1 aliphatic heterocycles. The van der Waals surface area contributed by atoms with Crippen LogP contribution in [0, 0.1) is 0 Å². The minimum Gasteiger partial charge on any atom is -0.480 e. The third kappa shape index (κ3) is 6.41. The Morgan fingerprint density at radius 3 is 2.23 bits per heavy atom. The van der Waals surface area contributed by atoms with E-state index in [4.69, 9.17) is 10.6 Å². The molecule has 1 aromatic rings. The number of nitrogens with zero attached hydrogens (tertiary/aromatic N) is 6. The van der Waals surface area contributed by atoms with Crippen molar-refractivity contribution in [1.82, 2.24) is 9.80 Å². The van der Waals surface area contributed by atoms with Crippen molar-refractivity contribution in [2.45, 2.75) is 6.42 Å². The van der Waals surface area contributed by atoms with E-state index in [9.17, 15) is 24.0 Å². The lowest BCUT2D eigenvalue weighted by Gasteiger charge is -2.24. The third-order valence-corrected chi connectivity index (χ3v) is 4.37. The SMILES string of the molecule is CN(CC(=O)O)C(=O)CN(CCN=[N+]=[N-])C(=O)Cc1ccc(N2C(=O)C=CC2=O)cc1. The van der Waals surface area contributed by atoms with Gasteiger partial charge in [0.05, 0.1) is 18.7 Å². The molecule has 0 radical (unpaired) electrons. The van der Waals surface area contributed by atoms with E-state index in [1.165, 1.54) is 36.2 Å². The van der Waals surface area contributed by atoms with E-state index in [1.54, 1.807) is 12.1 Å². The molecule has 31 heavy (non-hydrogen) atoms. The summed E-state index contributed by atoms with van der Waals surface area (Å²) < 4.78 is 0. The van der Waals surface area contributed by atoms with Crippen LogP contribution >= 0.6 is 0 Å². The first-order valence-corrected chi connectivity index (χ1v) is 9.12. The second-order valence-corrected chi connectivity index (χ2v) is 6.60. The number of carboxylic acid groups (broad SMARTS) is 1. The van der Waals surface area contributed by atoms with Crippen molar-refractivity contribution in [2.24, 2.45) is 5.11 Å². The first-order chi connectivity index (χ1) is 14.7. The highest BCUT2D eigenvalue weighted by atomic mass is 16.4. The molecule has 12 heteroatoms. The molecule has 1 aromatic carbocycles. The molecule has 2 rings (SSSR count). The van der Waals surface area contributed by atoms with E-state index in [-0.39, 0.29) is 26.1 Å². The number of likely N-dealkylation sites (N-methyl/N-ethyl adjacent to an activating group) is 1. The maximum atomic E-state index is 12.7. The fourth-order valence-corrected chi connectivity index (χ4v) is 2.78. The van der Waals surface area contributed by atoms with Gasteiger partial charge in [-0.25, -0.2) is 4.90 Å². The van der Waals surface area contributed by atoms with Gasteiger partial charge in [-0.3, -0.25) is 24.0 Å². The van der Waals surface area contributed by atoms with Crippen molar-refractivity contribution >= 4 is 35.3 Å². The Morgan fingerprint density at radius 2 is 1.68 bits per heavy atom. The third-order valence-electron chi connectivity index (χ3n) is 4.37. The predicted molar refractivity (Wildman–Crippen MR) is 108 cm³/mol. The fraction of sp³-hybridized carbons (Fsp3) is 0.316. The number of amides is 4. The summed E-state index contributed by atoms with van der Waals surface area (Å²) in [5.74, 6) is -3.12. The van der Waals surface area contributed by atoms with Crippen molar-refractivity contribution in [3.8, 4) is 0 Å². The molecule has 0 aliphatic carbocycles. The largest absolute Gasteiger partial charge is 0.480 e. The zero-order chi connectivity index (χ0) is 23.0. The van der Waals surface area contributed by atoms with E-state index in [0.29, 0.717) is 11.3 Å². The van der Waals surface area contributed by atoms with Gasteiger partial charge in [0.25, 0.3) is 11.8 Å².